The zero-order valence-electron chi connectivity index (χ0n) is 10.3. The van der Waals surface area contributed by atoms with Crippen molar-refractivity contribution >= 4 is 0 Å². The molecule has 0 amide bonds. The van der Waals surface area contributed by atoms with Crippen molar-refractivity contribution in [2.75, 3.05) is 13.1 Å². The van der Waals surface area contributed by atoms with E-state index in [0.717, 1.165) is 31.6 Å². The average molecular weight is 218 g/mol. The molecule has 2 nitrogen and oxygen atoms in total. The molecule has 1 aliphatic rings. The predicted molar refractivity (Wildman–Crippen MR) is 71.0 cm³/mol. The third-order valence-corrected chi connectivity index (χ3v) is 2.46. The topological polar surface area (TPSA) is 24.1 Å². The molecule has 0 atom stereocenters. The number of nitrogens with one attached hydrogen (secondary N) is 2. The van der Waals surface area contributed by atoms with E-state index in [1.54, 1.807) is 0 Å². The average Bonchev–Trinajstić information content (AvgIpc) is 2.26. The molecule has 88 valence electrons. The van der Waals surface area contributed by atoms with Crippen LogP contribution in [0.2, 0.25) is 0 Å². The van der Waals surface area contributed by atoms with Crippen LogP contribution in [0.4, 0.5) is 0 Å². The van der Waals surface area contributed by atoms with E-state index in [2.05, 4.69) is 49.3 Å². The van der Waals surface area contributed by atoms with Crippen LogP contribution in [-0.2, 0) is 0 Å². The second-order valence-electron chi connectivity index (χ2n) is 4.01. The van der Waals surface area contributed by atoms with Gasteiger partial charge in [0.1, 0.15) is 0 Å². The molecule has 1 heterocycles. The van der Waals surface area contributed by atoms with Gasteiger partial charge in [0.25, 0.3) is 0 Å². The van der Waals surface area contributed by atoms with Crippen LogP contribution in [0.3, 0.4) is 0 Å². The lowest BCUT2D eigenvalue weighted by atomic mass is 10.1. The first-order valence-electron chi connectivity index (χ1n) is 5.93. The van der Waals surface area contributed by atoms with E-state index in [1.807, 2.05) is 6.08 Å². The molecule has 0 aliphatic carbocycles. The van der Waals surface area contributed by atoms with Crippen LogP contribution < -0.4 is 10.6 Å². The summed E-state index contributed by atoms with van der Waals surface area (Å²) < 4.78 is 0. The first kappa shape index (κ1) is 12.6. The lowest BCUT2D eigenvalue weighted by Crippen LogP contribution is -2.21. The first-order valence-corrected chi connectivity index (χ1v) is 5.93. The number of rotatable bonds is 6. The highest BCUT2D eigenvalue weighted by Crippen LogP contribution is 2.07. The molecule has 0 fully saturated rings. The van der Waals surface area contributed by atoms with E-state index in [4.69, 9.17) is 0 Å². The summed E-state index contributed by atoms with van der Waals surface area (Å²) in [5.41, 5.74) is 3.64. The largest absolute Gasteiger partial charge is 0.385 e. The minimum Gasteiger partial charge on any atom is -0.385 e. The van der Waals surface area contributed by atoms with Gasteiger partial charge in [-0.1, -0.05) is 31.2 Å². The van der Waals surface area contributed by atoms with E-state index in [0.29, 0.717) is 0 Å². The summed E-state index contributed by atoms with van der Waals surface area (Å²) in [4.78, 5) is 0. The molecule has 2 N–H and O–H groups in total. The van der Waals surface area contributed by atoms with Crippen molar-refractivity contribution in [2.45, 2.75) is 26.7 Å². The molecular formula is C14H22N2. The zero-order valence-corrected chi connectivity index (χ0v) is 10.3. The van der Waals surface area contributed by atoms with Crippen LogP contribution in [0.25, 0.3) is 0 Å². The summed E-state index contributed by atoms with van der Waals surface area (Å²) in [5.74, 6) is 0. The molecule has 1 rings (SSSR count). The minimum absolute atomic E-state index is 0.930. The quantitative estimate of drug-likeness (QED) is 0.670. The summed E-state index contributed by atoms with van der Waals surface area (Å²) in [6.07, 6.45) is 10.6. The molecule has 0 aromatic rings. The van der Waals surface area contributed by atoms with Crippen molar-refractivity contribution in [3.63, 3.8) is 0 Å². The van der Waals surface area contributed by atoms with Crippen LogP contribution in [0.5, 0.6) is 0 Å². The highest BCUT2D eigenvalue weighted by atomic mass is 14.9. The van der Waals surface area contributed by atoms with Gasteiger partial charge in [0, 0.05) is 30.9 Å². The van der Waals surface area contributed by atoms with E-state index < -0.39 is 0 Å². The molecule has 0 aromatic heterocycles. The molecule has 0 aromatic carbocycles. The van der Waals surface area contributed by atoms with Gasteiger partial charge < -0.3 is 10.6 Å². The minimum atomic E-state index is 0.930. The molecule has 2 heteroatoms. The molecule has 0 saturated carbocycles. The van der Waals surface area contributed by atoms with Gasteiger partial charge in [0.05, 0.1) is 0 Å². The first-order chi connectivity index (χ1) is 7.72. The summed E-state index contributed by atoms with van der Waals surface area (Å²) in [6.45, 7) is 10.1. The third kappa shape index (κ3) is 4.87. The van der Waals surface area contributed by atoms with Gasteiger partial charge in [0.2, 0.25) is 0 Å². The second kappa shape index (κ2) is 6.94. The maximum Gasteiger partial charge on any atom is 0.0333 e. The standard InChI is InChI=1S/C14H22N2/c1-4-5-6-13(3)15-10-8-14-11-12(2)7-9-16-14/h5-7,11,15-16H,3-4,8-10H2,1-2H3/b6-5+. The predicted octanol–water partition coefficient (Wildman–Crippen LogP) is 2.88. The molecule has 0 spiro atoms. The van der Waals surface area contributed by atoms with E-state index in [1.165, 1.54) is 11.3 Å². The van der Waals surface area contributed by atoms with Gasteiger partial charge in [-0.3, -0.25) is 0 Å². The smallest absolute Gasteiger partial charge is 0.0333 e. The number of hydrogen-bond donors (Lipinski definition) is 2. The highest BCUT2D eigenvalue weighted by Gasteiger charge is 2.00. The lowest BCUT2D eigenvalue weighted by Gasteiger charge is -2.15. The van der Waals surface area contributed by atoms with Crippen LogP contribution in [0, 0.1) is 0 Å². The molecule has 0 saturated heterocycles. The summed E-state index contributed by atoms with van der Waals surface area (Å²) in [5, 5.41) is 6.66. The Kier molecular flexibility index (Phi) is 5.48. The zero-order chi connectivity index (χ0) is 11.8. The van der Waals surface area contributed by atoms with Crippen molar-refractivity contribution < 1.29 is 0 Å². The van der Waals surface area contributed by atoms with Crippen LogP contribution in [-0.4, -0.2) is 13.1 Å². The van der Waals surface area contributed by atoms with E-state index in [-0.39, 0.29) is 0 Å². The van der Waals surface area contributed by atoms with Crippen molar-refractivity contribution in [3.05, 3.63) is 47.9 Å². The maximum absolute atomic E-state index is 3.94. The third-order valence-electron chi connectivity index (χ3n) is 2.46. The number of hydrogen-bond acceptors (Lipinski definition) is 2. The van der Waals surface area contributed by atoms with E-state index >= 15 is 0 Å². The Balaban J connectivity index is 2.23. The Morgan fingerprint density at radius 3 is 3.12 bits per heavy atom. The van der Waals surface area contributed by atoms with Crippen LogP contribution in [0.15, 0.2) is 47.9 Å². The normalized spacial score (nSPS) is 15.4. The number of allylic oxidation sites excluding steroid dienone is 4. The molecule has 0 unspecified atom stereocenters. The monoisotopic (exact) mass is 218 g/mol. The fourth-order valence-corrected chi connectivity index (χ4v) is 1.57. The van der Waals surface area contributed by atoms with Gasteiger partial charge in [-0.05, 0) is 25.5 Å². The van der Waals surface area contributed by atoms with Gasteiger partial charge in [-0.2, -0.15) is 0 Å². The Bertz CT molecular complexity index is 322. The summed E-state index contributed by atoms with van der Waals surface area (Å²) in [7, 11) is 0. The Labute approximate surface area is 98.8 Å². The van der Waals surface area contributed by atoms with E-state index in [9.17, 15) is 0 Å². The van der Waals surface area contributed by atoms with Gasteiger partial charge in [0.15, 0.2) is 0 Å². The van der Waals surface area contributed by atoms with Crippen molar-refractivity contribution in [1.29, 1.82) is 0 Å². The molecule has 1 aliphatic heterocycles. The van der Waals surface area contributed by atoms with Crippen LogP contribution >= 0.6 is 0 Å². The summed E-state index contributed by atoms with van der Waals surface area (Å²) >= 11 is 0. The summed E-state index contributed by atoms with van der Waals surface area (Å²) in [6, 6.07) is 0. The van der Waals surface area contributed by atoms with Gasteiger partial charge in [-0.25, -0.2) is 0 Å². The molecular weight excluding hydrogens is 196 g/mol. The van der Waals surface area contributed by atoms with Gasteiger partial charge >= 0.3 is 0 Å². The highest BCUT2D eigenvalue weighted by molar-refractivity contribution is 5.25. The molecule has 16 heavy (non-hydrogen) atoms. The Hall–Kier alpha value is -1.44. The SMILES string of the molecule is C=C(/C=C/CC)NCCC1=CC(C)=CCN1. The fourth-order valence-electron chi connectivity index (χ4n) is 1.57. The van der Waals surface area contributed by atoms with Crippen molar-refractivity contribution in [1.82, 2.24) is 10.6 Å². The molecule has 0 radical (unpaired) electrons. The Morgan fingerprint density at radius 2 is 2.44 bits per heavy atom. The lowest BCUT2D eigenvalue weighted by molar-refractivity contribution is 0.734. The second-order valence-corrected chi connectivity index (χ2v) is 4.01. The fraction of sp³-hybridized carbons (Fsp3) is 0.429. The van der Waals surface area contributed by atoms with Crippen molar-refractivity contribution in [3.8, 4) is 0 Å². The Morgan fingerprint density at radius 1 is 1.62 bits per heavy atom. The molecule has 0 bridgehead atoms. The maximum atomic E-state index is 3.94. The van der Waals surface area contributed by atoms with Crippen molar-refractivity contribution in [2.24, 2.45) is 0 Å². The van der Waals surface area contributed by atoms with Gasteiger partial charge in [-0.15, -0.1) is 0 Å². The number of dihydropyridines is 1. The van der Waals surface area contributed by atoms with Crippen LogP contribution in [0.1, 0.15) is 26.7 Å².